The standard InChI is InChI=1S/C37H49N7O3/c1-37(2)31-17-16-29(45)21-27(31)22-33(43-37)34(46)41-23-28-18-20-44(35(47)32(42-28)15-10-19-40-36(38)39-3)24-30(25-11-6-4-7-12-25)26-13-8-5-9-14-26/h4-9,11-14,16-17,21,28,30,32-33,42-43,45H,10,15,18-20,22-24H2,1-3H3,(H,41,46)(H3,38,39,40)/t28-,32-,33-/m0/s1. The summed E-state index contributed by atoms with van der Waals surface area (Å²) >= 11 is 0. The molecule has 250 valence electrons. The fourth-order valence-corrected chi connectivity index (χ4v) is 6.87. The highest BCUT2D eigenvalue weighted by Crippen LogP contribution is 2.32. The molecule has 7 N–H and O–H groups in total. The summed E-state index contributed by atoms with van der Waals surface area (Å²) in [4.78, 5) is 33.6. The normalized spacial score (nSPS) is 21.2. The number of phenols is 1. The van der Waals surface area contributed by atoms with Crippen LogP contribution in [0.5, 0.6) is 5.75 Å². The van der Waals surface area contributed by atoms with Crippen LogP contribution in [0.3, 0.4) is 0 Å². The highest BCUT2D eigenvalue weighted by Gasteiger charge is 2.37. The third-order valence-corrected chi connectivity index (χ3v) is 9.38. The zero-order valence-corrected chi connectivity index (χ0v) is 27.7. The molecule has 0 bridgehead atoms. The number of aliphatic imine (C=N–C) groups is 1. The minimum absolute atomic E-state index is 0.0310. The molecule has 2 aliphatic rings. The second-order valence-corrected chi connectivity index (χ2v) is 13.2. The average molecular weight is 640 g/mol. The number of carbonyl (C=O) groups excluding carboxylic acids is 2. The number of carbonyl (C=O) groups is 2. The summed E-state index contributed by atoms with van der Waals surface area (Å²) < 4.78 is 0. The van der Waals surface area contributed by atoms with E-state index in [4.69, 9.17) is 5.73 Å². The summed E-state index contributed by atoms with van der Waals surface area (Å²) in [6.07, 6.45) is 2.53. The number of rotatable bonds is 11. The molecule has 2 amide bonds. The molecule has 47 heavy (non-hydrogen) atoms. The van der Waals surface area contributed by atoms with Gasteiger partial charge in [0.1, 0.15) is 5.75 Å². The van der Waals surface area contributed by atoms with Crippen molar-refractivity contribution < 1.29 is 14.7 Å². The van der Waals surface area contributed by atoms with Crippen molar-refractivity contribution in [1.29, 1.82) is 0 Å². The van der Waals surface area contributed by atoms with E-state index < -0.39 is 17.6 Å². The van der Waals surface area contributed by atoms with Crippen LogP contribution in [0.4, 0.5) is 0 Å². The van der Waals surface area contributed by atoms with E-state index in [0.29, 0.717) is 51.4 Å². The third-order valence-electron chi connectivity index (χ3n) is 9.38. The highest BCUT2D eigenvalue weighted by molar-refractivity contribution is 5.83. The molecule has 10 heteroatoms. The van der Waals surface area contributed by atoms with E-state index in [-0.39, 0.29) is 29.5 Å². The summed E-state index contributed by atoms with van der Waals surface area (Å²) in [6.45, 7) is 6.24. The maximum absolute atomic E-state index is 14.2. The number of benzene rings is 3. The molecule has 2 aliphatic heterocycles. The van der Waals surface area contributed by atoms with Crippen molar-refractivity contribution in [2.45, 2.75) is 69.1 Å². The minimum atomic E-state index is -0.437. The number of amides is 2. The first-order valence-electron chi connectivity index (χ1n) is 16.6. The first-order valence-corrected chi connectivity index (χ1v) is 16.6. The summed E-state index contributed by atoms with van der Waals surface area (Å²) in [6, 6.07) is 25.1. The van der Waals surface area contributed by atoms with Crippen LogP contribution >= 0.6 is 0 Å². The van der Waals surface area contributed by atoms with Crippen molar-refractivity contribution in [2.75, 3.05) is 33.2 Å². The molecule has 1 saturated heterocycles. The van der Waals surface area contributed by atoms with Crippen molar-refractivity contribution in [1.82, 2.24) is 26.2 Å². The van der Waals surface area contributed by atoms with E-state index in [0.717, 1.165) is 17.5 Å². The zero-order valence-electron chi connectivity index (χ0n) is 27.7. The van der Waals surface area contributed by atoms with Gasteiger partial charge in [-0.05, 0) is 73.9 Å². The van der Waals surface area contributed by atoms with Crippen molar-refractivity contribution in [3.05, 3.63) is 101 Å². The Hall–Kier alpha value is -4.41. The van der Waals surface area contributed by atoms with E-state index in [1.165, 1.54) is 11.1 Å². The molecule has 0 spiro atoms. The number of nitrogens with zero attached hydrogens (tertiary/aromatic N) is 2. The van der Waals surface area contributed by atoms with Gasteiger partial charge in [-0.25, -0.2) is 0 Å². The topological polar surface area (TPSA) is 144 Å². The molecule has 0 aromatic heterocycles. The van der Waals surface area contributed by atoms with Gasteiger partial charge in [0.05, 0.1) is 12.1 Å². The largest absolute Gasteiger partial charge is 0.508 e. The van der Waals surface area contributed by atoms with E-state index in [9.17, 15) is 14.7 Å². The van der Waals surface area contributed by atoms with Crippen LogP contribution in [0.2, 0.25) is 0 Å². The monoisotopic (exact) mass is 639 g/mol. The molecule has 2 heterocycles. The maximum Gasteiger partial charge on any atom is 0.239 e. The Morgan fingerprint density at radius 3 is 2.40 bits per heavy atom. The molecule has 0 aliphatic carbocycles. The van der Waals surface area contributed by atoms with Gasteiger partial charge < -0.3 is 31.7 Å². The first kappa shape index (κ1) is 33.9. The lowest BCUT2D eigenvalue weighted by Crippen LogP contribution is -2.57. The predicted octanol–water partition coefficient (Wildman–Crippen LogP) is 2.96. The molecule has 0 unspecified atom stereocenters. The lowest BCUT2D eigenvalue weighted by Gasteiger charge is -2.38. The number of guanidine groups is 1. The van der Waals surface area contributed by atoms with Gasteiger partial charge >= 0.3 is 0 Å². The van der Waals surface area contributed by atoms with Crippen LogP contribution in [-0.2, 0) is 21.5 Å². The second-order valence-electron chi connectivity index (χ2n) is 13.2. The van der Waals surface area contributed by atoms with Crippen LogP contribution in [0, 0.1) is 0 Å². The van der Waals surface area contributed by atoms with Gasteiger partial charge in [0.2, 0.25) is 11.8 Å². The Morgan fingerprint density at radius 1 is 1.06 bits per heavy atom. The van der Waals surface area contributed by atoms with E-state index >= 15 is 0 Å². The van der Waals surface area contributed by atoms with E-state index in [1.807, 2.05) is 61.2 Å². The van der Waals surface area contributed by atoms with Crippen molar-refractivity contribution >= 4 is 17.8 Å². The van der Waals surface area contributed by atoms with Crippen molar-refractivity contribution in [3.63, 3.8) is 0 Å². The van der Waals surface area contributed by atoms with E-state index in [1.54, 1.807) is 19.2 Å². The number of nitrogens with two attached hydrogens (primary N) is 1. The molecule has 0 radical (unpaired) electrons. The van der Waals surface area contributed by atoms with E-state index in [2.05, 4.69) is 50.5 Å². The van der Waals surface area contributed by atoms with Crippen molar-refractivity contribution in [2.24, 2.45) is 10.7 Å². The Balaban J connectivity index is 1.29. The lowest BCUT2D eigenvalue weighted by atomic mass is 9.82. The SMILES string of the molecule is CN=C(N)NCCC[C@@H]1N[C@H](CNC(=O)[C@@H]2Cc3cc(O)ccc3C(C)(C)N2)CCN(CC(c2ccccc2)c2ccccc2)C1=O. The van der Waals surface area contributed by atoms with Gasteiger partial charge in [0, 0.05) is 50.7 Å². The summed E-state index contributed by atoms with van der Waals surface area (Å²) in [5, 5.41) is 23.4. The van der Waals surface area contributed by atoms with Crippen LogP contribution in [-0.4, -0.2) is 79.1 Å². The Labute approximate surface area is 278 Å². The summed E-state index contributed by atoms with van der Waals surface area (Å²) in [5.74, 6) is 0.580. The van der Waals surface area contributed by atoms with Gasteiger partial charge in [-0.2, -0.15) is 0 Å². The minimum Gasteiger partial charge on any atom is -0.508 e. The zero-order chi connectivity index (χ0) is 33.4. The molecule has 3 atom stereocenters. The van der Waals surface area contributed by atoms with Crippen molar-refractivity contribution in [3.8, 4) is 5.75 Å². The lowest BCUT2D eigenvalue weighted by molar-refractivity contribution is -0.133. The van der Waals surface area contributed by atoms with Crippen LogP contribution in [0.25, 0.3) is 0 Å². The molecular formula is C37H49N7O3. The quantitative estimate of drug-likeness (QED) is 0.108. The fourth-order valence-electron chi connectivity index (χ4n) is 6.87. The molecule has 5 rings (SSSR count). The molecule has 3 aromatic rings. The van der Waals surface area contributed by atoms with Gasteiger partial charge in [0.25, 0.3) is 0 Å². The Kier molecular flexibility index (Phi) is 11.2. The molecule has 10 nitrogen and oxygen atoms in total. The molecular weight excluding hydrogens is 590 g/mol. The number of hydrogen-bond donors (Lipinski definition) is 6. The van der Waals surface area contributed by atoms with Gasteiger partial charge in [-0.3, -0.25) is 19.9 Å². The van der Waals surface area contributed by atoms with Gasteiger partial charge in [-0.15, -0.1) is 0 Å². The first-order chi connectivity index (χ1) is 22.6. The third kappa shape index (κ3) is 8.69. The number of hydrogen-bond acceptors (Lipinski definition) is 6. The number of aromatic hydroxyl groups is 1. The number of fused-ring (bicyclic) bond motifs is 1. The molecule has 1 fully saturated rings. The second kappa shape index (κ2) is 15.5. The Morgan fingerprint density at radius 2 is 1.74 bits per heavy atom. The van der Waals surface area contributed by atoms with Gasteiger partial charge in [-0.1, -0.05) is 66.7 Å². The maximum atomic E-state index is 14.2. The summed E-state index contributed by atoms with van der Waals surface area (Å²) in [7, 11) is 1.64. The number of phenolic OH excluding ortho intramolecular Hbond substituents is 1. The van der Waals surface area contributed by atoms with Crippen LogP contribution in [0.15, 0.2) is 83.9 Å². The molecule has 0 saturated carbocycles. The number of nitrogens with one attached hydrogen (secondary N) is 4. The fraction of sp³-hybridized carbons (Fsp3) is 0.432. The Bertz CT molecular complexity index is 1490. The van der Waals surface area contributed by atoms with Gasteiger partial charge in [0.15, 0.2) is 5.96 Å². The average Bonchev–Trinajstić information content (AvgIpc) is 3.22. The molecule has 3 aromatic carbocycles. The highest BCUT2D eigenvalue weighted by atomic mass is 16.3. The summed E-state index contributed by atoms with van der Waals surface area (Å²) in [5.41, 5.74) is 9.79. The smallest absolute Gasteiger partial charge is 0.239 e. The van der Waals surface area contributed by atoms with Crippen LogP contribution < -0.4 is 27.0 Å². The predicted molar refractivity (Wildman–Crippen MR) is 186 cm³/mol. The van der Waals surface area contributed by atoms with Crippen LogP contribution in [0.1, 0.15) is 61.3 Å².